The van der Waals surface area contributed by atoms with Crippen molar-refractivity contribution in [2.24, 2.45) is 0 Å². The number of carbonyl (C=O) groups is 1. The van der Waals surface area contributed by atoms with Crippen molar-refractivity contribution in [3.8, 4) is 23.8 Å². The standard InChI is InChI=1S/C15H19NO4/c1-6-9-16-15(2,14(17)20-5)11-7-8-12(18-3)13(10-11)19-4/h1,7-8,10,16H,9H2,2-5H3. The number of carbonyl (C=O) groups excluding carboxylic acids is 1. The Morgan fingerprint density at radius 1 is 1.30 bits per heavy atom. The van der Waals surface area contributed by atoms with Gasteiger partial charge < -0.3 is 14.2 Å². The fourth-order valence-corrected chi connectivity index (χ4v) is 1.87. The van der Waals surface area contributed by atoms with E-state index in [1.807, 2.05) is 0 Å². The van der Waals surface area contributed by atoms with Gasteiger partial charge in [0.2, 0.25) is 0 Å². The minimum Gasteiger partial charge on any atom is -0.493 e. The normalized spacial score (nSPS) is 12.9. The average Bonchev–Trinajstić information content (AvgIpc) is 2.50. The molecule has 5 heteroatoms. The first kappa shape index (κ1) is 15.9. The molecule has 1 N–H and O–H groups in total. The summed E-state index contributed by atoms with van der Waals surface area (Å²) in [7, 11) is 4.42. The Labute approximate surface area is 119 Å². The van der Waals surface area contributed by atoms with Gasteiger partial charge in [-0.1, -0.05) is 12.0 Å². The minimum atomic E-state index is -1.05. The highest BCUT2D eigenvalue weighted by Crippen LogP contribution is 2.32. The SMILES string of the molecule is C#CCNC(C)(C(=O)OC)c1ccc(OC)c(OC)c1. The lowest BCUT2D eigenvalue weighted by atomic mass is 9.91. The number of benzene rings is 1. The predicted molar refractivity (Wildman–Crippen MR) is 75.7 cm³/mol. The van der Waals surface area contributed by atoms with E-state index in [-0.39, 0.29) is 6.54 Å². The van der Waals surface area contributed by atoms with Crippen LogP contribution in [0.15, 0.2) is 18.2 Å². The van der Waals surface area contributed by atoms with Crippen LogP contribution in [-0.2, 0) is 15.1 Å². The third-order valence-corrected chi connectivity index (χ3v) is 3.10. The van der Waals surface area contributed by atoms with Crippen LogP contribution in [0.4, 0.5) is 0 Å². The van der Waals surface area contributed by atoms with Gasteiger partial charge in [0, 0.05) is 0 Å². The molecule has 0 radical (unpaired) electrons. The Bertz CT molecular complexity index is 521. The summed E-state index contributed by atoms with van der Waals surface area (Å²) in [6.07, 6.45) is 5.25. The maximum Gasteiger partial charge on any atom is 0.330 e. The molecule has 0 aliphatic rings. The summed E-state index contributed by atoms with van der Waals surface area (Å²) < 4.78 is 15.3. The van der Waals surface area contributed by atoms with Gasteiger partial charge in [-0.15, -0.1) is 6.42 Å². The second kappa shape index (κ2) is 6.83. The lowest BCUT2D eigenvalue weighted by molar-refractivity contribution is -0.148. The summed E-state index contributed by atoms with van der Waals surface area (Å²) in [5.74, 6) is 3.13. The van der Waals surface area contributed by atoms with Crippen molar-refractivity contribution >= 4 is 5.97 Å². The van der Waals surface area contributed by atoms with Gasteiger partial charge in [0.1, 0.15) is 5.54 Å². The van der Waals surface area contributed by atoms with E-state index in [1.54, 1.807) is 32.2 Å². The summed E-state index contributed by atoms with van der Waals surface area (Å²) >= 11 is 0. The number of hydrogen-bond acceptors (Lipinski definition) is 5. The first-order valence-electron chi connectivity index (χ1n) is 6.03. The smallest absolute Gasteiger partial charge is 0.330 e. The zero-order valence-corrected chi connectivity index (χ0v) is 12.1. The summed E-state index contributed by atoms with van der Waals surface area (Å²) in [6, 6.07) is 5.22. The highest BCUT2D eigenvalue weighted by atomic mass is 16.5. The van der Waals surface area contributed by atoms with Crippen LogP contribution < -0.4 is 14.8 Å². The molecule has 0 spiro atoms. The van der Waals surface area contributed by atoms with Gasteiger partial charge in [-0.2, -0.15) is 0 Å². The van der Waals surface area contributed by atoms with Gasteiger partial charge in [0.05, 0.1) is 27.9 Å². The van der Waals surface area contributed by atoms with Gasteiger partial charge in [-0.05, 0) is 24.6 Å². The number of nitrogens with one attached hydrogen (secondary N) is 1. The van der Waals surface area contributed by atoms with Crippen molar-refractivity contribution in [1.82, 2.24) is 5.32 Å². The summed E-state index contributed by atoms with van der Waals surface area (Å²) in [4.78, 5) is 12.1. The van der Waals surface area contributed by atoms with Crippen LogP contribution in [0.5, 0.6) is 11.5 Å². The second-order valence-electron chi connectivity index (χ2n) is 4.24. The molecule has 5 nitrogen and oxygen atoms in total. The van der Waals surface area contributed by atoms with Crippen molar-refractivity contribution in [1.29, 1.82) is 0 Å². The van der Waals surface area contributed by atoms with Crippen LogP contribution in [-0.4, -0.2) is 33.8 Å². The maximum absolute atomic E-state index is 12.1. The first-order chi connectivity index (χ1) is 9.53. The highest BCUT2D eigenvalue weighted by Gasteiger charge is 2.36. The van der Waals surface area contributed by atoms with Crippen LogP contribution in [0.1, 0.15) is 12.5 Å². The molecule has 0 aromatic heterocycles. The molecule has 20 heavy (non-hydrogen) atoms. The molecule has 108 valence electrons. The molecule has 0 bridgehead atoms. The molecule has 0 heterocycles. The molecule has 0 aliphatic heterocycles. The zero-order valence-electron chi connectivity index (χ0n) is 12.1. The third kappa shape index (κ3) is 3.03. The van der Waals surface area contributed by atoms with E-state index in [0.29, 0.717) is 17.1 Å². The molecular formula is C15H19NO4. The van der Waals surface area contributed by atoms with Crippen molar-refractivity contribution < 1.29 is 19.0 Å². The number of ether oxygens (including phenoxy) is 3. The number of esters is 1. The Morgan fingerprint density at radius 3 is 2.45 bits per heavy atom. The van der Waals surface area contributed by atoms with Crippen molar-refractivity contribution in [3.05, 3.63) is 23.8 Å². The first-order valence-corrected chi connectivity index (χ1v) is 6.03. The Kier molecular flexibility index (Phi) is 5.42. The molecular weight excluding hydrogens is 258 g/mol. The molecule has 0 saturated heterocycles. The highest BCUT2D eigenvalue weighted by molar-refractivity contribution is 5.82. The topological polar surface area (TPSA) is 56.8 Å². The lowest BCUT2D eigenvalue weighted by Crippen LogP contribution is -2.47. The molecule has 0 amide bonds. The molecule has 0 fully saturated rings. The molecule has 1 aromatic rings. The monoisotopic (exact) mass is 277 g/mol. The van der Waals surface area contributed by atoms with E-state index in [1.165, 1.54) is 14.2 Å². The fraction of sp³-hybridized carbons (Fsp3) is 0.400. The van der Waals surface area contributed by atoms with E-state index in [4.69, 9.17) is 20.6 Å². The number of rotatable bonds is 6. The fourth-order valence-electron chi connectivity index (χ4n) is 1.87. The molecule has 1 unspecified atom stereocenters. The van der Waals surface area contributed by atoms with Gasteiger partial charge in [0.25, 0.3) is 0 Å². The minimum absolute atomic E-state index is 0.236. The van der Waals surface area contributed by atoms with Crippen molar-refractivity contribution in [2.45, 2.75) is 12.5 Å². The van der Waals surface area contributed by atoms with Crippen LogP contribution in [0, 0.1) is 12.3 Å². The summed E-state index contributed by atoms with van der Waals surface area (Å²) in [5, 5.41) is 2.99. The molecule has 1 aromatic carbocycles. The second-order valence-corrected chi connectivity index (χ2v) is 4.24. The van der Waals surface area contributed by atoms with Crippen LogP contribution in [0.3, 0.4) is 0 Å². The van der Waals surface area contributed by atoms with E-state index in [9.17, 15) is 4.79 Å². The van der Waals surface area contributed by atoms with Crippen molar-refractivity contribution in [3.63, 3.8) is 0 Å². The number of methoxy groups -OCH3 is 3. The van der Waals surface area contributed by atoms with E-state index < -0.39 is 11.5 Å². The zero-order chi connectivity index (χ0) is 15.2. The van der Waals surface area contributed by atoms with Gasteiger partial charge in [-0.25, -0.2) is 4.79 Å². The van der Waals surface area contributed by atoms with Crippen LogP contribution >= 0.6 is 0 Å². The number of terminal acetylenes is 1. The van der Waals surface area contributed by atoms with E-state index in [2.05, 4.69) is 11.2 Å². The molecule has 1 atom stereocenters. The quantitative estimate of drug-likeness (QED) is 0.627. The summed E-state index contributed by atoms with van der Waals surface area (Å²) in [6.45, 7) is 1.94. The van der Waals surface area contributed by atoms with Crippen LogP contribution in [0.25, 0.3) is 0 Å². The van der Waals surface area contributed by atoms with E-state index >= 15 is 0 Å². The van der Waals surface area contributed by atoms with E-state index in [0.717, 1.165) is 0 Å². The Balaban J connectivity index is 3.27. The predicted octanol–water partition coefficient (Wildman–Crippen LogP) is 1.31. The van der Waals surface area contributed by atoms with Crippen LogP contribution in [0.2, 0.25) is 0 Å². The van der Waals surface area contributed by atoms with Gasteiger partial charge >= 0.3 is 5.97 Å². The molecule has 0 aliphatic carbocycles. The molecule has 1 rings (SSSR count). The number of hydrogen-bond donors (Lipinski definition) is 1. The average molecular weight is 277 g/mol. The molecule has 0 saturated carbocycles. The van der Waals surface area contributed by atoms with Crippen molar-refractivity contribution in [2.75, 3.05) is 27.9 Å². The Hall–Kier alpha value is -2.19. The Morgan fingerprint density at radius 2 is 1.95 bits per heavy atom. The van der Waals surface area contributed by atoms with Gasteiger partial charge in [-0.3, -0.25) is 5.32 Å². The largest absolute Gasteiger partial charge is 0.493 e. The maximum atomic E-state index is 12.1. The van der Waals surface area contributed by atoms with Gasteiger partial charge in [0.15, 0.2) is 11.5 Å². The summed E-state index contributed by atoms with van der Waals surface area (Å²) in [5.41, 5.74) is -0.377. The third-order valence-electron chi connectivity index (χ3n) is 3.10. The lowest BCUT2D eigenvalue weighted by Gasteiger charge is -2.28.